The summed E-state index contributed by atoms with van der Waals surface area (Å²) < 4.78 is 71.1. The molecule has 0 amide bonds. The van der Waals surface area contributed by atoms with Crippen LogP contribution in [0.4, 0.5) is 13.2 Å². The number of hydrogen-bond acceptors (Lipinski definition) is 3. The Morgan fingerprint density at radius 2 is 1.88 bits per heavy atom. The van der Waals surface area contributed by atoms with Crippen LogP contribution in [-0.2, 0) is 29.2 Å². The van der Waals surface area contributed by atoms with Gasteiger partial charge in [0, 0.05) is 13.0 Å². The molecule has 0 saturated heterocycles. The van der Waals surface area contributed by atoms with Crippen molar-refractivity contribution in [3.05, 3.63) is 59.2 Å². The third-order valence-corrected chi connectivity index (χ3v) is 5.15. The third-order valence-electron chi connectivity index (χ3n) is 3.75. The molecule has 0 fully saturated rings. The molecule has 24 heavy (non-hydrogen) atoms. The summed E-state index contributed by atoms with van der Waals surface area (Å²) in [6.45, 7) is 0.0524. The Morgan fingerprint density at radius 3 is 2.62 bits per heavy atom. The summed E-state index contributed by atoms with van der Waals surface area (Å²) in [7, 11) is -3.92. The van der Waals surface area contributed by atoms with Crippen LogP contribution in [0.2, 0.25) is 0 Å². The van der Waals surface area contributed by atoms with Crippen molar-refractivity contribution < 1.29 is 26.3 Å². The van der Waals surface area contributed by atoms with E-state index in [2.05, 4.69) is 4.72 Å². The molecule has 1 N–H and O–H groups in total. The number of alkyl halides is 3. The zero-order chi connectivity index (χ0) is 17.4. The van der Waals surface area contributed by atoms with Crippen LogP contribution < -0.4 is 9.46 Å². The number of halogens is 3. The maximum Gasteiger partial charge on any atom is 0.416 e. The average Bonchev–Trinajstić information content (AvgIpc) is 3.00. The minimum Gasteiger partial charge on any atom is -0.493 e. The molecule has 1 aliphatic rings. The lowest BCUT2D eigenvalue weighted by molar-refractivity contribution is -0.138. The van der Waals surface area contributed by atoms with E-state index in [4.69, 9.17) is 4.74 Å². The lowest BCUT2D eigenvalue weighted by Gasteiger charge is -2.13. The molecule has 0 spiro atoms. The summed E-state index contributed by atoms with van der Waals surface area (Å²) in [5.74, 6) is 0.636. The zero-order valence-corrected chi connectivity index (χ0v) is 13.2. The van der Waals surface area contributed by atoms with Crippen LogP contribution in [-0.4, -0.2) is 15.0 Å². The van der Waals surface area contributed by atoms with E-state index in [1.54, 1.807) is 6.07 Å². The molecule has 0 aromatic heterocycles. The second-order valence-corrected chi connectivity index (χ2v) is 7.11. The van der Waals surface area contributed by atoms with Crippen LogP contribution in [0.25, 0.3) is 0 Å². The van der Waals surface area contributed by atoms with E-state index in [1.165, 1.54) is 30.3 Å². The molecule has 0 aliphatic carbocycles. The molecule has 4 nitrogen and oxygen atoms in total. The maximum atomic E-state index is 13.0. The van der Waals surface area contributed by atoms with Gasteiger partial charge in [0.2, 0.25) is 10.0 Å². The first kappa shape index (κ1) is 16.8. The van der Waals surface area contributed by atoms with Gasteiger partial charge in [-0.15, -0.1) is 0 Å². The predicted octanol–water partition coefficient (Wildman–Crippen LogP) is 3.12. The second-order valence-electron chi connectivity index (χ2n) is 5.35. The van der Waals surface area contributed by atoms with Crippen molar-refractivity contribution in [1.29, 1.82) is 0 Å². The van der Waals surface area contributed by atoms with Gasteiger partial charge in [0.25, 0.3) is 0 Å². The molecule has 0 atom stereocenters. The van der Waals surface area contributed by atoms with E-state index < -0.39 is 28.3 Å². The highest BCUT2D eigenvalue weighted by molar-refractivity contribution is 7.89. The Balaban J connectivity index is 1.82. The van der Waals surface area contributed by atoms with Crippen molar-refractivity contribution in [2.24, 2.45) is 0 Å². The van der Waals surface area contributed by atoms with Gasteiger partial charge in [-0.3, -0.25) is 0 Å². The molecule has 3 rings (SSSR count). The molecule has 0 saturated carbocycles. The topological polar surface area (TPSA) is 55.4 Å². The van der Waals surface area contributed by atoms with Crippen LogP contribution in [0, 0.1) is 0 Å². The van der Waals surface area contributed by atoms with Gasteiger partial charge in [-0.25, -0.2) is 13.1 Å². The van der Waals surface area contributed by atoms with Gasteiger partial charge in [-0.1, -0.05) is 18.2 Å². The molecular formula is C16H14F3NO3S. The fourth-order valence-corrected chi connectivity index (χ4v) is 3.59. The largest absolute Gasteiger partial charge is 0.493 e. The molecule has 1 aliphatic heterocycles. The highest BCUT2D eigenvalue weighted by atomic mass is 32.2. The molecule has 1 heterocycles. The number of nitrogens with one attached hydrogen (secondary N) is 1. The first-order chi connectivity index (χ1) is 11.3. The number of fused-ring (bicyclic) bond motifs is 1. The van der Waals surface area contributed by atoms with Crippen molar-refractivity contribution in [3.63, 3.8) is 0 Å². The Hall–Kier alpha value is -2.06. The number of sulfonamides is 1. The van der Waals surface area contributed by atoms with Crippen molar-refractivity contribution in [2.75, 3.05) is 6.61 Å². The predicted molar refractivity (Wildman–Crippen MR) is 81.1 cm³/mol. The molecule has 0 bridgehead atoms. The normalized spacial score (nSPS) is 14.3. The van der Waals surface area contributed by atoms with E-state index >= 15 is 0 Å². The summed E-state index contributed by atoms with van der Waals surface area (Å²) in [5.41, 5.74) is -0.207. The molecule has 0 radical (unpaired) electrons. The van der Waals surface area contributed by atoms with Gasteiger partial charge in [0.1, 0.15) is 5.75 Å². The first-order valence-electron chi connectivity index (χ1n) is 7.18. The van der Waals surface area contributed by atoms with Crippen LogP contribution in [0.3, 0.4) is 0 Å². The Kier molecular flexibility index (Phi) is 4.27. The maximum absolute atomic E-state index is 13.0. The molecule has 128 valence electrons. The van der Waals surface area contributed by atoms with Gasteiger partial charge in [0.15, 0.2) is 0 Å². The fourth-order valence-electron chi connectivity index (χ4n) is 2.54. The zero-order valence-electron chi connectivity index (χ0n) is 12.4. The van der Waals surface area contributed by atoms with Crippen LogP contribution in [0.15, 0.2) is 47.4 Å². The van der Waals surface area contributed by atoms with Crippen molar-refractivity contribution >= 4 is 10.0 Å². The molecule has 0 unspecified atom stereocenters. The highest BCUT2D eigenvalue weighted by Gasteiger charge is 2.33. The quantitative estimate of drug-likeness (QED) is 0.915. The van der Waals surface area contributed by atoms with E-state index in [1.807, 2.05) is 0 Å². The summed E-state index contributed by atoms with van der Waals surface area (Å²) in [4.78, 5) is 0.0104. The van der Waals surface area contributed by atoms with Crippen molar-refractivity contribution in [1.82, 2.24) is 4.72 Å². The van der Waals surface area contributed by atoms with Gasteiger partial charge in [-0.05, 0) is 35.4 Å². The van der Waals surface area contributed by atoms with E-state index in [0.29, 0.717) is 18.8 Å². The van der Waals surface area contributed by atoms with Crippen LogP contribution in [0.1, 0.15) is 16.7 Å². The minimum atomic E-state index is -4.53. The third kappa shape index (κ3) is 3.39. The molecule has 8 heteroatoms. The van der Waals surface area contributed by atoms with E-state index in [0.717, 1.165) is 11.6 Å². The smallest absolute Gasteiger partial charge is 0.416 e. The number of hydrogen-bond donors (Lipinski definition) is 1. The fraction of sp³-hybridized carbons (Fsp3) is 0.250. The summed E-state index contributed by atoms with van der Waals surface area (Å²) >= 11 is 0. The Labute approximate surface area is 137 Å². The monoisotopic (exact) mass is 357 g/mol. The van der Waals surface area contributed by atoms with Gasteiger partial charge in [0.05, 0.1) is 17.1 Å². The number of rotatable bonds is 4. The second kappa shape index (κ2) is 6.10. The number of ether oxygens (including phenoxy) is 1. The lowest BCUT2D eigenvalue weighted by atomic mass is 10.1. The highest BCUT2D eigenvalue weighted by Crippen LogP contribution is 2.32. The molecular weight excluding hydrogens is 343 g/mol. The SMILES string of the molecule is O=S(=O)(NCc1ccccc1C(F)(F)F)c1ccc2c(c1)CCO2. The summed E-state index contributed by atoms with van der Waals surface area (Å²) in [6, 6.07) is 9.30. The Bertz CT molecular complexity index is 863. The summed E-state index contributed by atoms with van der Waals surface area (Å²) in [6.07, 6.45) is -3.93. The van der Waals surface area contributed by atoms with E-state index in [9.17, 15) is 21.6 Å². The van der Waals surface area contributed by atoms with Crippen molar-refractivity contribution in [2.45, 2.75) is 24.0 Å². The number of benzene rings is 2. The van der Waals surface area contributed by atoms with Crippen LogP contribution >= 0.6 is 0 Å². The van der Waals surface area contributed by atoms with Crippen molar-refractivity contribution in [3.8, 4) is 5.75 Å². The minimum absolute atomic E-state index is 0.0104. The van der Waals surface area contributed by atoms with Gasteiger partial charge >= 0.3 is 6.18 Å². The lowest BCUT2D eigenvalue weighted by Crippen LogP contribution is -2.25. The Morgan fingerprint density at radius 1 is 1.12 bits per heavy atom. The van der Waals surface area contributed by atoms with Crippen LogP contribution in [0.5, 0.6) is 5.75 Å². The first-order valence-corrected chi connectivity index (χ1v) is 8.66. The van der Waals surface area contributed by atoms with E-state index in [-0.39, 0.29) is 10.5 Å². The molecule has 2 aromatic rings. The van der Waals surface area contributed by atoms with Gasteiger partial charge < -0.3 is 4.74 Å². The average molecular weight is 357 g/mol. The summed E-state index contributed by atoms with van der Waals surface area (Å²) in [5, 5.41) is 0. The standard InChI is InChI=1S/C16H14F3NO3S/c17-16(18,19)14-4-2-1-3-12(14)10-20-24(21,22)13-5-6-15-11(9-13)7-8-23-15/h1-6,9,20H,7-8,10H2. The molecule has 2 aromatic carbocycles. The van der Waals surface area contributed by atoms with Gasteiger partial charge in [-0.2, -0.15) is 13.2 Å².